The van der Waals surface area contributed by atoms with E-state index in [0.717, 1.165) is 59.2 Å². The van der Waals surface area contributed by atoms with Crippen LogP contribution in [0.3, 0.4) is 0 Å². The Kier molecular flexibility index (Phi) is 15.7. The molecule has 0 radical (unpaired) electrons. The first kappa shape index (κ1) is 43.3. The van der Waals surface area contributed by atoms with E-state index in [0.29, 0.717) is 17.9 Å². The number of hydrogen-bond acceptors (Lipinski definition) is 1. The van der Waals surface area contributed by atoms with Crippen molar-refractivity contribution in [3.63, 3.8) is 0 Å². The number of rotatable bonds is 5. The zero-order valence-corrected chi connectivity index (χ0v) is 37.1. The minimum absolute atomic E-state index is 0. The second-order valence-corrected chi connectivity index (χ2v) is 22.3. The fourth-order valence-electron chi connectivity index (χ4n) is 11.7. The van der Waals surface area contributed by atoms with Gasteiger partial charge < -0.3 is 19.6 Å². The van der Waals surface area contributed by atoms with Gasteiger partial charge in [0.2, 0.25) is 0 Å². The van der Waals surface area contributed by atoms with E-state index in [4.69, 9.17) is 21.8 Å². The molecule has 1 nitrogen and oxygen atoms in total. The van der Waals surface area contributed by atoms with Crippen molar-refractivity contribution in [2.75, 3.05) is 7.11 Å². The van der Waals surface area contributed by atoms with Gasteiger partial charge in [-0.3, -0.25) is 0 Å². The summed E-state index contributed by atoms with van der Waals surface area (Å²) in [6.07, 6.45) is 8.76. The second-order valence-electron chi connectivity index (χ2n) is 18.6. The number of methoxy groups -OCH3 is 1. The fraction of sp³-hybridized carbons (Fsp3) is 0.689. The summed E-state index contributed by atoms with van der Waals surface area (Å²) in [7, 11) is 11.9. The summed E-state index contributed by atoms with van der Waals surface area (Å²) in [5, 5.41) is 0. The number of ether oxygens (including phenoxy) is 1. The van der Waals surface area contributed by atoms with E-state index in [1.54, 1.807) is 5.56 Å². The van der Waals surface area contributed by atoms with Gasteiger partial charge in [-0.1, -0.05) is 117 Å². The van der Waals surface area contributed by atoms with Gasteiger partial charge in [0.25, 0.3) is 0 Å². The van der Waals surface area contributed by atoms with Gasteiger partial charge in [-0.15, -0.1) is 0 Å². The molecule has 0 aliphatic heterocycles. The topological polar surface area (TPSA) is 9.23 Å². The second kappa shape index (κ2) is 17.8. The SMILES string of the molecule is COC1C(c2ccccc2)C2CC(C)C(CC3C(C)CC4C(c5ccc(C(C)(C)C)cc5)CC(C)CC34)C2CC1C(C)(C)C.[CH3-].[CH3-].[Cl][Zr+2][Cl]. The van der Waals surface area contributed by atoms with Crippen molar-refractivity contribution in [2.45, 2.75) is 124 Å². The molecule has 0 amide bonds. The molecule has 0 N–H and O–H groups in total. The number of fused-ring (bicyclic) bond motifs is 2. The van der Waals surface area contributed by atoms with Crippen LogP contribution in [0.25, 0.3) is 0 Å². The van der Waals surface area contributed by atoms with E-state index in [9.17, 15) is 0 Å². The number of hydrogen-bond donors (Lipinski definition) is 0. The molecule has 13 atom stereocenters. The molecular weight excluding hydrogens is 719 g/mol. The maximum atomic E-state index is 6.49. The van der Waals surface area contributed by atoms with Crippen molar-refractivity contribution < 1.29 is 25.6 Å². The normalized spacial score (nSPS) is 36.9. The first-order valence-electron chi connectivity index (χ1n) is 18.8. The van der Waals surface area contributed by atoms with E-state index in [1.165, 1.54) is 49.7 Å². The molecule has 0 heterocycles. The minimum atomic E-state index is -0.826. The van der Waals surface area contributed by atoms with Gasteiger partial charge in [0, 0.05) is 13.0 Å². The third-order valence-electron chi connectivity index (χ3n) is 13.9. The molecule has 4 fully saturated rings. The molecule has 0 saturated heterocycles. The number of benzene rings is 2. The van der Waals surface area contributed by atoms with Gasteiger partial charge in [0.1, 0.15) is 0 Å². The van der Waals surface area contributed by atoms with Gasteiger partial charge in [-0.25, -0.2) is 0 Å². The van der Waals surface area contributed by atoms with Crippen molar-refractivity contribution >= 4 is 17.0 Å². The Morgan fingerprint density at radius 2 is 1.20 bits per heavy atom. The van der Waals surface area contributed by atoms with Crippen LogP contribution in [0.15, 0.2) is 54.6 Å². The van der Waals surface area contributed by atoms with E-state index in [-0.39, 0.29) is 25.7 Å². The molecule has 4 aliphatic rings. The molecule has 0 bridgehead atoms. The summed E-state index contributed by atoms with van der Waals surface area (Å²) < 4.78 is 6.49. The van der Waals surface area contributed by atoms with Gasteiger partial charge in [-0.05, 0) is 131 Å². The van der Waals surface area contributed by atoms with Crippen LogP contribution in [0.4, 0.5) is 0 Å². The van der Waals surface area contributed by atoms with Crippen LogP contribution in [0.1, 0.15) is 129 Å². The molecule has 6 rings (SSSR count). The molecule has 49 heavy (non-hydrogen) atoms. The van der Waals surface area contributed by atoms with Crippen LogP contribution in [0, 0.1) is 79.4 Å². The molecule has 0 aromatic heterocycles. The van der Waals surface area contributed by atoms with Gasteiger partial charge in [-0.2, -0.15) is 0 Å². The molecule has 0 spiro atoms. The Labute approximate surface area is 322 Å². The monoisotopic (exact) mass is 786 g/mol. The molecule has 4 aliphatic carbocycles. The predicted molar refractivity (Wildman–Crippen MR) is 211 cm³/mol. The molecule has 2 aromatic carbocycles. The van der Waals surface area contributed by atoms with Crippen LogP contribution in [0.2, 0.25) is 0 Å². The van der Waals surface area contributed by atoms with Crippen molar-refractivity contribution in [2.24, 2.45) is 64.6 Å². The third-order valence-corrected chi connectivity index (χ3v) is 13.9. The molecule has 4 heteroatoms. The third kappa shape index (κ3) is 9.33. The molecule has 13 unspecified atom stereocenters. The summed E-state index contributed by atoms with van der Waals surface area (Å²) >= 11 is -0.826. The van der Waals surface area contributed by atoms with Crippen molar-refractivity contribution in [3.8, 4) is 0 Å². The average Bonchev–Trinajstić information content (AvgIpc) is 3.50. The van der Waals surface area contributed by atoms with Crippen molar-refractivity contribution in [1.82, 2.24) is 0 Å². The maximum absolute atomic E-state index is 6.49. The van der Waals surface area contributed by atoms with Gasteiger partial charge in [0.15, 0.2) is 0 Å². The molecule has 2 aromatic rings. The summed E-state index contributed by atoms with van der Waals surface area (Å²) in [4.78, 5) is 0. The zero-order chi connectivity index (χ0) is 34.3. The average molecular weight is 789 g/mol. The summed E-state index contributed by atoms with van der Waals surface area (Å²) in [5.74, 6) is 9.38. The van der Waals surface area contributed by atoms with E-state index < -0.39 is 20.8 Å². The van der Waals surface area contributed by atoms with Gasteiger partial charge >= 0.3 is 37.9 Å². The Bertz CT molecular complexity index is 1270. The van der Waals surface area contributed by atoms with Crippen LogP contribution >= 0.6 is 17.0 Å². The summed E-state index contributed by atoms with van der Waals surface area (Å²) in [5.41, 5.74) is 5.08. The first-order valence-corrected chi connectivity index (χ1v) is 25.2. The Morgan fingerprint density at radius 1 is 0.673 bits per heavy atom. The summed E-state index contributed by atoms with van der Waals surface area (Å²) in [6.45, 7) is 22.3. The van der Waals surface area contributed by atoms with Crippen molar-refractivity contribution in [1.29, 1.82) is 0 Å². The fourth-order valence-corrected chi connectivity index (χ4v) is 11.7. The van der Waals surface area contributed by atoms with Crippen molar-refractivity contribution in [3.05, 3.63) is 86.1 Å². The van der Waals surface area contributed by atoms with Gasteiger partial charge in [0.05, 0.1) is 6.10 Å². The first-order chi connectivity index (χ1) is 22.2. The van der Waals surface area contributed by atoms with E-state index in [2.05, 4.69) is 117 Å². The zero-order valence-electron chi connectivity index (χ0n) is 33.1. The van der Waals surface area contributed by atoms with E-state index in [1.807, 2.05) is 7.11 Å². The van der Waals surface area contributed by atoms with E-state index >= 15 is 0 Å². The Hall–Kier alpha value is -0.137. The molecular formula is C45H70Cl2OZr. The standard InChI is InChI=1S/C43H64O.2CH3.2ClH.Zr/c1-26-20-34(29-16-18-31(19-17-29)42(4,5)6)36-22-27(2)32(35(36)21-26)24-33-28(3)23-38-37(33)25-39(43(7,8)9)41(44-10)40(38)30-14-12-11-13-15-30;;;;;/h11-19,26-28,32-41H,20-25H2,1-10H3;2*1H3;2*1H;/q;2*-1;;;+4/p-2. The number of halogens is 2. The molecule has 4 saturated carbocycles. The van der Waals surface area contributed by atoms with Crippen LogP contribution < -0.4 is 0 Å². The predicted octanol–water partition coefficient (Wildman–Crippen LogP) is 13.8. The molecule has 274 valence electrons. The van der Waals surface area contributed by atoms with Crippen LogP contribution in [0.5, 0.6) is 0 Å². The Balaban J connectivity index is 0.00000126. The Morgan fingerprint density at radius 3 is 1.71 bits per heavy atom. The van der Waals surface area contributed by atoms with Crippen LogP contribution in [-0.2, 0) is 31.0 Å². The quantitative estimate of drug-likeness (QED) is 0.274. The van der Waals surface area contributed by atoms with Crippen LogP contribution in [-0.4, -0.2) is 13.2 Å². The summed E-state index contributed by atoms with van der Waals surface area (Å²) in [6, 6.07) is 21.4.